The largest absolute Gasteiger partial charge is 0.354 e. The minimum absolute atomic E-state index is 0.482. The molecular weight excluding hydrogens is 248 g/mol. The number of rotatable bonds is 4. The Hall–Kier alpha value is -1.94. The molecule has 0 amide bonds. The zero-order chi connectivity index (χ0) is 14.7. The van der Waals surface area contributed by atoms with E-state index in [9.17, 15) is 0 Å². The summed E-state index contributed by atoms with van der Waals surface area (Å²) in [6.45, 7) is 7.38. The molecule has 0 bridgehead atoms. The van der Waals surface area contributed by atoms with Crippen LogP contribution in [0.4, 0.5) is 5.82 Å². The highest BCUT2D eigenvalue weighted by molar-refractivity contribution is 5.50. The van der Waals surface area contributed by atoms with Gasteiger partial charge < -0.3 is 10.6 Å². The van der Waals surface area contributed by atoms with Crippen LogP contribution in [0.2, 0.25) is 0 Å². The highest BCUT2D eigenvalue weighted by Gasteiger charge is 2.13. The van der Waals surface area contributed by atoms with Gasteiger partial charge in [0.15, 0.2) is 5.82 Å². The van der Waals surface area contributed by atoms with E-state index in [0.29, 0.717) is 6.54 Å². The molecule has 0 atom stereocenters. The molecule has 0 aliphatic heterocycles. The van der Waals surface area contributed by atoms with Gasteiger partial charge in [0.1, 0.15) is 0 Å². The van der Waals surface area contributed by atoms with Crippen molar-refractivity contribution in [2.45, 2.75) is 33.9 Å². The first kappa shape index (κ1) is 14.5. The molecule has 2 N–H and O–H groups in total. The molecule has 4 nitrogen and oxygen atoms in total. The molecule has 1 aromatic heterocycles. The molecule has 0 fully saturated rings. The van der Waals surface area contributed by atoms with Gasteiger partial charge in [-0.1, -0.05) is 29.8 Å². The molecule has 1 aromatic carbocycles. The van der Waals surface area contributed by atoms with Crippen LogP contribution < -0.4 is 10.6 Å². The third-order valence-electron chi connectivity index (χ3n) is 3.67. The van der Waals surface area contributed by atoms with Crippen LogP contribution in [0.5, 0.6) is 0 Å². The summed E-state index contributed by atoms with van der Waals surface area (Å²) in [7, 11) is 2.03. The Balaban J connectivity index is 2.27. The second kappa shape index (κ2) is 6.01. The van der Waals surface area contributed by atoms with Gasteiger partial charge in [-0.3, -0.25) is 0 Å². The molecule has 106 valence electrons. The monoisotopic (exact) mass is 270 g/mol. The fraction of sp³-hybridized carbons (Fsp3) is 0.375. The summed E-state index contributed by atoms with van der Waals surface area (Å²) in [5.74, 6) is 0.871. The lowest BCUT2D eigenvalue weighted by molar-refractivity contribution is 0.823. The summed E-state index contributed by atoms with van der Waals surface area (Å²) in [6.07, 6.45) is 0. The fourth-order valence-electron chi connectivity index (χ4n) is 2.24. The van der Waals surface area contributed by atoms with Crippen molar-refractivity contribution in [3.05, 3.63) is 52.2 Å². The predicted octanol–water partition coefficient (Wildman–Crippen LogP) is 2.50. The molecule has 4 heteroatoms. The number of benzene rings is 1. The maximum Gasteiger partial charge on any atom is 0.156 e. The lowest BCUT2D eigenvalue weighted by Gasteiger charge is -2.22. The van der Waals surface area contributed by atoms with E-state index in [1.54, 1.807) is 0 Å². The number of aryl methyl sites for hydroxylation is 2. The Morgan fingerprint density at radius 3 is 2.30 bits per heavy atom. The lowest BCUT2D eigenvalue weighted by atomic mass is 10.1. The number of anilines is 1. The Morgan fingerprint density at radius 2 is 1.70 bits per heavy atom. The normalized spacial score (nSPS) is 10.7. The second-order valence-electron chi connectivity index (χ2n) is 5.26. The number of nitrogens with zero attached hydrogens (tertiary/aromatic N) is 3. The van der Waals surface area contributed by atoms with E-state index >= 15 is 0 Å². The van der Waals surface area contributed by atoms with E-state index in [1.165, 1.54) is 11.1 Å². The zero-order valence-electron chi connectivity index (χ0n) is 12.6. The summed E-state index contributed by atoms with van der Waals surface area (Å²) >= 11 is 0. The fourth-order valence-corrected chi connectivity index (χ4v) is 2.24. The molecule has 0 spiro atoms. The Labute approximate surface area is 120 Å². The maximum absolute atomic E-state index is 5.88. The SMILES string of the molecule is Cc1ccc(CN(C)c2nnc(C)c(C)c2CN)cc1. The van der Waals surface area contributed by atoms with E-state index in [-0.39, 0.29) is 0 Å². The molecule has 20 heavy (non-hydrogen) atoms. The van der Waals surface area contributed by atoms with E-state index < -0.39 is 0 Å². The van der Waals surface area contributed by atoms with E-state index in [2.05, 4.69) is 53.2 Å². The second-order valence-corrected chi connectivity index (χ2v) is 5.26. The Bertz CT molecular complexity index is 590. The minimum atomic E-state index is 0.482. The summed E-state index contributed by atoms with van der Waals surface area (Å²) in [5.41, 5.74) is 11.5. The summed E-state index contributed by atoms with van der Waals surface area (Å²) in [4.78, 5) is 2.10. The van der Waals surface area contributed by atoms with Gasteiger partial charge in [-0.05, 0) is 31.9 Å². The standard InChI is InChI=1S/C16H22N4/c1-11-5-7-14(8-6-11)10-20(4)16-15(9-17)12(2)13(3)18-19-16/h5-8H,9-10,17H2,1-4H3. The minimum Gasteiger partial charge on any atom is -0.354 e. The lowest BCUT2D eigenvalue weighted by Crippen LogP contribution is -2.22. The molecule has 0 saturated heterocycles. The highest BCUT2D eigenvalue weighted by Crippen LogP contribution is 2.22. The van der Waals surface area contributed by atoms with Crippen molar-refractivity contribution >= 4 is 5.82 Å². The van der Waals surface area contributed by atoms with Crippen molar-refractivity contribution in [1.29, 1.82) is 0 Å². The summed E-state index contributed by atoms with van der Waals surface area (Å²) in [6, 6.07) is 8.53. The quantitative estimate of drug-likeness (QED) is 0.927. The van der Waals surface area contributed by atoms with Crippen LogP contribution in [0.25, 0.3) is 0 Å². The molecule has 0 radical (unpaired) electrons. The van der Waals surface area contributed by atoms with Crippen molar-refractivity contribution in [1.82, 2.24) is 10.2 Å². The molecule has 0 aliphatic rings. The third-order valence-corrected chi connectivity index (χ3v) is 3.67. The molecule has 0 aliphatic carbocycles. The molecule has 2 rings (SSSR count). The van der Waals surface area contributed by atoms with Crippen molar-refractivity contribution in [3.63, 3.8) is 0 Å². The van der Waals surface area contributed by atoms with Gasteiger partial charge >= 0.3 is 0 Å². The van der Waals surface area contributed by atoms with Gasteiger partial charge in [0, 0.05) is 25.7 Å². The predicted molar refractivity (Wildman–Crippen MR) is 82.7 cm³/mol. The van der Waals surface area contributed by atoms with Crippen LogP contribution in [0.3, 0.4) is 0 Å². The smallest absolute Gasteiger partial charge is 0.156 e. The van der Waals surface area contributed by atoms with Gasteiger partial charge in [0.25, 0.3) is 0 Å². The van der Waals surface area contributed by atoms with Crippen molar-refractivity contribution in [2.75, 3.05) is 11.9 Å². The maximum atomic E-state index is 5.88. The third kappa shape index (κ3) is 2.96. The van der Waals surface area contributed by atoms with Gasteiger partial charge in [-0.25, -0.2) is 0 Å². The topological polar surface area (TPSA) is 55.0 Å². The van der Waals surface area contributed by atoms with E-state index in [0.717, 1.165) is 29.2 Å². The average molecular weight is 270 g/mol. The van der Waals surface area contributed by atoms with Crippen LogP contribution >= 0.6 is 0 Å². The zero-order valence-corrected chi connectivity index (χ0v) is 12.6. The van der Waals surface area contributed by atoms with Crippen LogP contribution in [0, 0.1) is 20.8 Å². The molecular formula is C16H22N4. The van der Waals surface area contributed by atoms with Gasteiger partial charge in [-0.15, -0.1) is 5.10 Å². The van der Waals surface area contributed by atoms with Gasteiger partial charge in [0.05, 0.1) is 5.69 Å². The first-order valence-electron chi connectivity index (χ1n) is 6.82. The van der Waals surface area contributed by atoms with Crippen molar-refractivity contribution in [3.8, 4) is 0 Å². The number of aromatic nitrogens is 2. The Morgan fingerprint density at radius 1 is 1.05 bits per heavy atom. The van der Waals surface area contributed by atoms with Crippen LogP contribution in [-0.2, 0) is 13.1 Å². The van der Waals surface area contributed by atoms with Gasteiger partial charge in [0.2, 0.25) is 0 Å². The van der Waals surface area contributed by atoms with Gasteiger partial charge in [-0.2, -0.15) is 5.10 Å². The molecule has 1 heterocycles. The van der Waals surface area contributed by atoms with E-state index in [1.807, 2.05) is 14.0 Å². The summed E-state index contributed by atoms with van der Waals surface area (Å²) < 4.78 is 0. The van der Waals surface area contributed by atoms with Crippen LogP contribution in [0.15, 0.2) is 24.3 Å². The van der Waals surface area contributed by atoms with Crippen LogP contribution in [-0.4, -0.2) is 17.2 Å². The van der Waals surface area contributed by atoms with Crippen molar-refractivity contribution in [2.24, 2.45) is 5.73 Å². The number of hydrogen-bond acceptors (Lipinski definition) is 4. The highest BCUT2D eigenvalue weighted by atomic mass is 15.2. The first-order valence-corrected chi connectivity index (χ1v) is 6.82. The van der Waals surface area contributed by atoms with Crippen LogP contribution in [0.1, 0.15) is 27.9 Å². The van der Waals surface area contributed by atoms with Crippen molar-refractivity contribution < 1.29 is 0 Å². The average Bonchev–Trinajstić information content (AvgIpc) is 2.44. The molecule has 0 unspecified atom stereocenters. The Kier molecular flexibility index (Phi) is 4.35. The number of hydrogen-bond donors (Lipinski definition) is 1. The number of nitrogens with two attached hydrogens (primary N) is 1. The first-order chi connectivity index (χ1) is 9.52. The summed E-state index contributed by atoms with van der Waals surface area (Å²) in [5, 5.41) is 8.54. The molecule has 2 aromatic rings. The molecule has 0 saturated carbocycles. The van der Waals surface area contributed by atoms with E-state index in [4.69, 9.17) is 5.73 Å².